The van der Waals surface area contributed by atoms with Gasteiger partial charge in [0.2, 0.25) is 10.0 Å². The first-order chi connectivity index (χ1) is 15.3. The largest absolute Gasteiger partial charge is 0.494 e. The number of aryl methyl sites for hydroxylation is 1. The van der Waals surface area contributed by atoms with Crippen molar-refractivity contribution in [2.45, 2.75) is 38.0 Å². The highest BCUT2D eigenvalue weighted by Gasteiger charge is 2.27. The molecule has 0 saturated carbocycles. The van der Waals surface area contributed by atoms with E-state index in [9.17, 15) is 18.0 Å². The van der Waals surface area contributed by atoms with Crippen LogP contribution in [0.3, 0.4) is 0 Å². The minimum absolute atomic E-state index is 0.170. The molecular formula is C23H28N2O6S. The fourth-order valence-electron chi connectivity index (χ4n) is 3.47. The minimum Gasteiger partial charge on any atom is -0.494 e. The molecule has 8 nitrogen and oxygen atoms in total. The Labute approximate surface area is 188 Å². The molecule has 0 radical (unpaired) electrons. The second-order valence-electron chi connectivity index (χ2n) is 7.53. The van der Waals surface area contributed by atoms with Crippen LogP contribution in [0.15, 0.2) is 47.4 Å². The van der Waals surface area contributed by atoms with E-state index in [-0.39, 0.29) is 4.90 Å². The van der Waals surface area contributed by atoms with E-state index in [0.717, 1.165) is 19.3 Å². The van der Waals surface area contributed by atoms with E-state index < -0.39 is 28.5 Å². The molecule has 0 atom stereocenters. The van der Waals surface area contributed by atoms with Crippen LogP contribution >= 0.6 is 0 Å². The van der Waals surface area contributed by atoms with Gasteiger partial charge in [0, 0.05) is 18.8 Å². The summed E-state index contributed by atoms with van der Waals surface area (Å²) in [6.45, 7) is 4.61. The number of rotatable bonds is 8. The van der Waals surface area contributed by atoms with Crippen molar-refractivity contribution in [1.82, 2.24) is 4.31 Å². The van der Waals surface area contributed by atoms with Gasteiger partial charge in [-0.25, -0.2) is 13.2 Å². The average Bonchev–Trinajstić information content (AvgIpc) is 2.80. The van der Waals surface area contributed by atoms with Crippen molar-refractivity contribution < 1.29 is 27.5 Å². The second-order valence-corrected chi connectivity index (χ2v) is 9.43. The van der Waals surface area contributed by atoms with E-state index in [1.807, 2.05) is 6.92 Å². The van der Waals surface area contributed by atoms with Crippen LogP contribution in [0.5, 0.6) is 5.75 Å². The van der Waals surface area contributed by atoms with Crippen LogP contribution in [0.4, 0.5) is 5.69 Å². The van der Waals surface area contributed by atoms with E-state index in [2.05, 4.69) is 5.32 Å². The van der Waals surface area contributed by atoms with E-state index in [0.29, 0.717) is 42.3 Å². The third-order valence-electron chi connectivity index (χ3n) is 5.14. The number of carbonyl (C=O) groups is 2. The summed E-state index contributed by atoms with van der Waals surface area (Å²) in [5.74, 6) is -0.564. The summed E-state index contributed by atoms with van der Waals surface area (Å²) in [6.07, 6.45) is 2.71. The molecule has 0 unspecified atom stereocenters. The van der Waals surface area contributed by atoms with Crippen LogP contribution in [-0.4, -0.2) is 50.9 Å². The summed E-state index contributed by atoms with van der Waals surface area (Å²) in [5, 5.41) is 2.60. The van der Waals surface area contributed by atoms with Gasteiger partial charge in [-0.1, -0.05) is 12.5 Å². The van der Waals surface area contributed by atoms with Gasteiger partial charge in [0.15, 0.2) is 6.61 Å². The number of sulfonamides is 1. The topological polar surface area (TPSA) is 102 Å². The molecule has 9 heteroatoms. The average molecular weight is 461 g/mol. The molecule has 3 rings (SSSR count). The summed E-state index contributed by atoms with van der Waals surface area (Å²) in [6, 6.07) is 11.1. The molecule has 0 bridgehead atoms. The van der Waals surface area contributed by atoms with Crippen LogP contribution in [0.25, 0.3) is 0 Å². The highest BCUT2D eigenvalue weighted by molar-refractivity contribution is 7.89. The molecule has 1 aliphatic rings. The van der Waals surface area contributed by atoms with Gasteiger partial charge >= 0.3 is 5.97 Å². The van der Waals surface area contributed by atoms with Crippen LogP contribution < -0.4 is 10.1 Å². The predicted molar refractivity (Wildman–Crippen MR) is 120 cm³/mol. The molecule has 2 aromatic carbocycles. The third kappa shape index (κ3) is 5.86. The molecule has 2 aromatic rings. The van der Waals surface area contributed by atoms with Gasteiger partial charge in [0.05, 0.1) is 17.1 Å². The number of ether oxygens (including phenoxy) is 2. The Morgan fingerprint density at radius 1 is 1.03 bits per heavy atom. The highest BCUT2D eigenvalue weighted by Crippen LogP contribution is 2.26. The van der Waals surface area contributed by atoms with Gasteiger partial charge in [0.1, 0.15) is 5.75 Å². The Hall–Kier alpha value is -2.91. The lowest BCUT2D eigenvalue weighted by Crippen LogP contribution is -2.36. The van der Waals surface area contributed by atoms with Crippen LogP contribution in [0.2, 0.25) is 0 Å². The first-order valence-electron chi connectivity index (χ1n) is 10.6. The first-order valence-corrected chi connectivity index (χ1v) is 12.1. The molecule has 0 aliphatic carbocycles. The molecule has 0 spiro atoms. The maximum absolute atomic E-state index is 13.0. The van der Waals surface area contributed by atoms with Gasteiger partial charge in [-0.15, -0.1) is 0 Å². The molecule has 32 heavy (non-hydrogen) atoms. The smallest absolute Gasteiger partial charge is 0.338 e. The van der Waals surface area contributed by atoms with Gasteiger partial charge in [-0.3, -0.25) is 4.79 Å². The van der Waals surface area contributed by atoms with Crippen molar-refractivity contribution in [2.24, 2.45) is 0 Å². The summed E-state index contributed by atoms with van der Waals surface area (Å²) >= 11 is 0. The minimum atomic E-state index is -3.63. The molecule has 1 N–H and O–H groups in total. The molecule has 1 aliphatic heterocycles. The number of anilines is 1. The summed E-state index contributed by atoms with van der Waals surface area (Å²) in [5.41, 5.74) is 1.23. The normalized spacial score (nSPS) is 14.6. The Bertz CT molecular complexity index is 1060. The lowest BCUT2D eigenvalue weighted by atomic mass is 10.2. The van der Waals surface area contributed by atoms with Crippen molar-refractivity contribution in [2.75, 3.05) is 31.6 Å². The van der Waals surface area contributed by atoms with E-state index >= 15 is 0 Å². The second kappa shape index (κ2) is 10.6. The third-order valence-corrected chi connectivity index (χ3v) is 7.18. The van der Waals surface area contributed by atoms with E-state index in [4.69, 9.17) is 9.47 Å². The van der Waals surface area contributed by atoms with Crippen LogP contribution in [0, 0.1) is 6.92 Å². The number of carbonyl (C=O) groups excluding carboxylic acids is 2. The fourth-order valence-corrected chi connectivity index (χ4v) is 5.23. The molecule has 1 heterocycles. The Morgan fingerprint density at radius 3 is 2.38 bits per heavy atom. The zero-order valence-electron chi connectivity index (χ0n) is 18.3. The number of piperidine rings is 1. The number of benzene rings is 2. The Balaban J connectivity index is 1.61. The maximum atomic E-state index is 13.0. The summed E-state index contributed by atoms with van der Waals surface area (Å²) in [7, 11) is -3.63. The van der Waals surface area contributed by atoms with Crippen molar-refractivity contribution >= 4 is 27.6 Å². The Kier molecular flexibility index (Phi) is 7.87. The SMILES string of the molecule is CCOc1ccc(C(=O)OCC(=O)Nc2ccc(C)c(S(=O)(=O)N3CCCCC3)c2)cc1. The van der Waals surface area contributed by atoms with Gasteiger partial charge < -0.3 is 14.8 Å². The number of hydrogen-bond acceptors (Lipinski definition) is 6. The Morgan fingerprint density at radius 2 is 1.72 bits per heavy atom. The van der Waals surface area contributed by atoms with Crippen molar-refractivity contribution in [3.05, 3.63) is 53.6 Å². The molecule has 1 saturated heterocycles. The first kappa shape index (κ1) is 23.7. The van der Waals surface area contributed by atoms with Crippen molar-refractivity contribution in [3.8, 4) is 5.75 Å². The number of amides is 1. The quantitative estimate of drug-likeness (QED) is 0.606. The predicted octanol–water partition coefficient (Wildman–Crippen LogP) is 3.36. The van der Waals surface area contributed by atoms with Gasteiger partial charge in [-0.2, -0.15) is 4.31 Å². The molecular weight excluding hydrogens is 432 g/mol. The molecule has 1 fully saturated rings. The van der Waals surface area contributed by atoms with Crippen molar-refractivity contribution in [3.63, 3.8) is 0 Å². The number of esters is 1. The number of nitrogens with one attached hydrogen (secondary N) is 1. The van der Waals surface area contributed by atoms with Crippen molar-refractivity contribution in [1.29, 1.82) is 0 Å². The zero-order valence-corrected chi connectivity index (χ0v) is 19.1. The molecule has 0 aromatic heterocycles. The van der Waals surface area contributed by atoms with E-state index in [1.165, 1.54) is 10.4 Å². The monoisotopic (exact) mass is 460 g/mol. The zero-order chi connectivity index (χ0) is 23.1. The molecule has 1 amide bonds. The van der Waals surface area contributed by atoms with E-state index in [1.54, 1.807) is 43.3 Å². The summed E-state index contributed by atoms with van der Waals surface area (Å²) < 4.78 is 37.9. The molecule has 172 valence electrons. The lowest BCUT2D eigenvalue weighted by molar-refractivity contribution is -0.119. The van der Waals surface area contributed by atoms with Crippen LogP contribution in [0.1, 0.15) is 42.1 Å². The maximum Gasteiger partial charge on any atom is 0.338 e. The lowest BCUT2D eigenvalue weighted by Gasteiger charge is -2.26. The standard InChI is InChI=1S/C23H28N2O6S/c1-3-30-20-11-8-18(9-12-20)23(27)31-16-22(26)24-19-10-7-17(2)21(15-19)32(28,29)25-13-5-4-6-14-25/h7-12,15H,3-6,13-14,16H2,1-2H3,(H,24,26). The highest BCUT2D eigenvalue weighted by atomic mass is 32.2. The fraction of sp³-hybridized carbons (Fsp3) is 0.391. The van der Waals surface area contributed by atoms with Gasteiger partial charge in [-0.05, 0) is 68.7 Å². The summed E-state index contributed by atoms with van der Waals surface area (Å²) in [4.78, 5) is 24.6. The van der Waals surface area contributed by atoms with Gasteiger partial charge in [0.25, 0.3) is 5.91 Å². The number of nitrogens with zero attached hydrogens (tertiary/aromatic N) is 1. The van der Waals surface area contributed by atoms with Crippen LogP contribution in [-0.2, 0) is 19.6 Å². The number of hydrogen-bond donors (Lipinski definition) is 1.